The van der Waals surface area contributed by atoms with E-state index in [2.05, 4.69) is 25.2 Å². The number of hydrogen-bond donors (Lipinski definition) is 1. The summed E-state index contributed by atoms with van der Waals surface area (Å²) in [7, 11) is 0. The molecule has 1 aromatic carbocycles. The Morgan fingerprint density at radius 3 is 2.67 bits per heavy atom. The standard InChI is InChI=1S/C24H33N3O3/c1-17(2)16-20(25-24(30)22-10-6-7-14-26(22)18(3)28)11-12-23(29)27-15-13-19-8-4-5-9-21(19)27/h4-5,8-9,11-12,17,20,22H,6-7,10,13-16H2,1-3H3,(H,25,30)/b12-11+/t20-,22+/m1/s1. The summed E-state index contributed by atoms with van der Waals surface area (Å²) in [6, 6.07) is 7.31. The average Bonchev–Trinajstić information content (AvgIpc) is 3.15. The molecule has 2 atom stereocenters. The molecular weight excluding hydrogens is 378 g/mol. The molecule has 1 aromatic rings. The molecule has 0 spiro atoms. The van der Waals surface area contributed by atoms with Gasteiger partial charge in [-0.15, -0.1) is 0 Å². The van der Waals surface area contributed by atoms with E-state index in [1.807, 2.05) is 24.3 Å². The van der Waals surface area contributed by atoms with Crippen molar-refractivity contribution in [1.29, 1.82) is 0 Å². The molecule has 2 aliphatic heterocycles. The lowest BCUT2D eigenvalue weighted by molar-refractivity contribution is -0.140. The fourth-order valence-electron chi connectivity index (χ4n) is 4.41. The van der Waals surface area contributed by atoms with Crippen molar-refractivity contribution < 1.29 is 14.4 Å². The van der Waals surface area contributed by atoms with E-state index in [4.69, 9.17) is 0 Å². The average molecular weight is 412 g/mol. The molecule has 2 heterocycles. The smallest absolute Gasteiger partial charge is 0.250 e. The molecule has 0 saturated carbocycles. The largest absolute Gasteiger partial charge is 0.348 e. The van der Waals surface area contributed by atoms with Crippen molar-refractivity contribution in [3.8, 4) is 0 Å². The van der Waals surface area contributed by atoms with Gasteiger partial charge in [-0.3, -0.25) is 14.4 Å². The molecule has 0 aliphatic carbocycles. The van der Waals surface area contributed by atoms with Crippen LogP contribution in [0.5, 0.6) is 0 Å². The highest BCUT2D eigenvalue weighted by atomic mass is 16.2. The highest BCUT2D eigenvalue weighted by molar-refractivity contribution is 6.03. The topological polar surface area (TPSA) is 69.7 Å². The predicted octanol–water partition coefficient (Wildman–Crippen LogP) is 3.06. The molecule has 0 aromatic heterocycles. The maximum Gasteiger partial charge on any atom is 0.250 e. The fraction of sp³-hybridized carbons (Fsp3) is 0.542. The van der Waals surface area contributed by atoms with Crippen molar-refractivity contribution in [3.05, 3.63) is 42.0 Å². The van der Waals surface area contributed by atoms with E-state index in [0.29, 0.717) is 25.4 Å². The zero-order valence-corrected chi connectivity index (χ0v) is 18.3. The molecule has 6 heteroatoms. The molecule has 162 valence electrons. The van der Waals surface area contributed by atoms with Crippen LogP contribution in [-0.2, 0) is 20.8 Å². The Labute approximate surface area is 179 Å². The molecule has 6 nitrogen and oxygen atoms in total. The first kappa shape index (κ1) is 22.1. The minimum Gasteiger partial charge on any atom is -0.348 e. The lowest BCUT2D eigenvalue weighted by atomic mass is 9.99. The van der Waals surface area contributed by atoms with Crippen LogP contribution >= 0.6 is 0 Å². The highest BCUT2D eigenvalue weighted by Gasteiger charge is 2.31. The van der Waals surface area contributed by atoms with Crippen LogP contribution in [0, 0.1) is 5.92 Å². The lowest BCUT2D eigenvalue weighted by Gasteiger charge is -2.34. The van der Waals surface area contributed by atoms with E-state index >= 15 is 0 Å². The SMILES string of the molecule is CC(=O)N1CCCC[C@H]1C(=O)N[C@H](/C=C/C(=O)N1CCc2ccccc21)CC(C)C. The summed E-state index contributed by atoms with van der Waals surface area (Å²) in [5.74, 6) is 0.108. The Bertz CT molecular complexity index is 818. The number of hydrogen-bond acceptors (Lipinski definition) is 3. The van der Waals surface area contributed by atoms with Crippen LogP contribution in [0.15, 0.2) is 36.4 Å². The molecule has 2 aliphatic rings. The molecule has 0 unspecified atom stereocenters. The third-order valence-electron chi connectivity index (χ3n) is 5.89. The number of nitrogens with zero attached hydrogens (tertiary/aromatic N) is 2. The summed E-state index contributed by atoms with van der Waals surface area (Å²) < 4.78 is 0. The van der Waals surface area contributed by atoms with Gasteiger partial charge in [0.05, 0.1) is 0 Å². The van der Waals surface area contributed by atoms with Crippen molar-refractivity contribution in [1.82, 2.24) is 10.2 Å². The number of fused-ring (bicyclic) bond motifs is 1. The molecule has 3 rings (SSSR count). The van der Waals surface area contributed by atoms with Crippen LogP contribution in [0.4, 0.5) is 5.69 Å². The normalized spacial score (nSPS) is 19.8. The van der Waals surface area contributed by atoms with Crippen LogP contribution in [0.3, 0.4) is 0 Å². The number of carbonyl (C=O) groups excluding carboxylic acids is 3. The summed E-state index contributed by atoms with van der Waals surface area (Å²) in [6.07, 6.45) is 7.56. The maximum atomic E-state index is 12.9. The van der Waals surface area contributed by atoms with E-state index in [-0.39, 0.29) is 23.8 Å². The second-order valence-corrected chi connectivity index (χ2v) is 8.70. The Morgan fingerprint density at radius 1 is 1.17 bits per heavy atom. The summed E-state index contributed by atoms with van der Waals surface area (Å²) in [5.41, 5.74) is 2.16. The number of rotatable bonds is 6. The van der Waals surface area contributed by atoms with Crippen LogP contribution in [-0.4, -0.2) is 47.8 Å². The van der Waals surface area contributed by atoms with Gasteiger partial charge in [0.15, 0.2) is 0 Å². The summed E-state index contributed by atoms with van der Waals surface area (Å²) >= 11 is 0. The first-order valence-electron chi connectivity index (χ1n) is 11.0. The summed E-state index contributed by atoms with van der Waals surface area (Å²) in [4.78, 5) is 41.1. The molecule has 1 fully saturated rings. The summed E-state index contributed by atoms with van der Waals surface area (Å²) in [6.45, 7) is 7.01. The van der Waals surface area contributed by atoms with Gasteiger partial charge in [-0.25, -0.2) is 0 Å². The zero-order valence-electron chi connectivity index (χ0n) is 18.3. The first-order valence-corrected chi connectivity index (χ1v) is 11.0. The van der Waals surface area contributed by atoms with Crippen molar-refractivity contribution in [2.45, 2.75) is 65.0 Å². The van der Waals surface area contributed by atoms with Gasteiger partial charge >= 0.3 is 0 Å². The number of anilines is 1. The van der Waals surface area contributed by atoms with Gasteiger partial charge in [0.2, 0.25) is 11.8 Å². The molecule has 0 radical (unpaired) electrons. The van der Waals surface area contributed by atoms with Gasteiger partial charge in [0, 0.05) is 37.8 Å². The Hall–Kier alpha value is -2.63. The number of piperidine rings is 1. The van der Waals surface area contributed by atoms with Crippen LogP contribution in [0.1, 0.15) is 52.0 Å². The number of likely N-dealkylation sites (tertiary alicyclic amines) is 1. The van der Waals surface area contributed by atoms with Crippen molar-refractivity contribution in [2.75, 3.05) is 18.0 Å². The Morgan fingerprint density at radius 2 is 1.93 bits per heavy atom. The third kappa shape index (κ3) is 5.29. The first-order chi connectivity index (χ1) is 14.4. The number of benzene rings is 1. The van der Waals surface area contributed by atoms with Crippen molar-refractivity contribution in [3.63, 3.8) is 0 Å². The number of carbonyl (C=O) groups is 3. The van der Waals surface area contributed by atoms with E-state index in [0.717, 1.165) is 31.4 Å². The van der Waals surface area contributed by atoms with Gasteiger partial charge in [-0.1, -0.05) is 38.1 Å². The fourth-order valence-corrected chi connectivity index (χ4v) is 4.41. The van der Waals surface area contributed by atoms with Gasteiger partial charge < -0.3 is 15.1 Å². The number of amides is 3. The molecule has 30 heavy (non-hydrogen) atoms. The van der Waals surface area contributed by atoms with Crippen LogP contribution in [0.2, 0.25) is 0 Å². The minimum atomic E-state index is -0.416. The van der Waals surface area contributed by atoms with E-state index in [1.165, 1.54) is 12.5 Å². The lowest BCUT2D eigenvalue weighted by Crippen LogP contribution is -2.53. The molecule has 1 saturated heterocycles. The third-order valence-corrected chi connectivity index (χ3v) is 5.89. The molecule has 3 amide bonds. The van der Waals surface area contributed by atoms with Gasteiger partial charge in [0.25, 0.3) is 5.91 Å². The van der Waals surface area contributed by atoms with Gasteiger partial charge in [0.1, 0.15) is 6.04 Å². The van der Waals surface area contributed by atoms with Crippen molar-refractivity contribution >= 4 is 23.4 Å². The Kier molecular flexibility index (Phi) is 7.29. The highest BCUT2D eigenvalue weighted by Crippen LogP contribution is 2.27. The molecule has 1 N–H and O–H groups in total. The predicted molar refractivity (Wildman–Crippen MR) is 118 cm³/mol. The van der Waals surface area contributed by atoms with E-state index < -0.39 is 6.04 Å². The number of para-hydroxylation sites is 1. The number of nitrogens with one attached hydrogen (secondary N) is 1. The molecular formula is C24H33N3O3. The maximum absolute atomic E-state index is 12.9. The van der Waals surface area contributed by atoms with Crippen LogP contribution < -0.4 is 10.2 Å². The second kappa shape index (κ2) is 9.92. The van der Waals surface area contributed by atoms with Crippen molar-refractivity contribution in [2.24, 2.45) is 5.92 Å². The minimum absolute atomic E-state index is 0.0614. The van der Waals surface area contributed by atoms with Gasteiger partial charge in [-0.2, -0.15) is 0 Å². The van der Waals surface area contributed by atoms with E-state index in [1.54, 1.807) is 15.9 Å². The monoisotopic (exact) mass is 411 g/mol. The summed E-state index contributed by atoms with van der Waals surface area (Å²) in [5, 5.41) is 3.08. The zero-order chi connectivity index (χ0) is 21.7. The Balaban J connectivity index is 1.67. The van der Waals surface area contributed by atoms with Gasteiger partial charge in [-0.05, 0) is 49.7 Å². The quantitative estimate of drug-likeness (QED) is 0.732. The molecule has 0 bridgehead atoms. The van der Waals surface area contributed by atoms with Crippen LogP contribution in [0.25, 0.3) is 0 Å². The van der Waals surface area contributed by atoms with E-state index in [9.17, 15) is 14.4 Å². The second-order valence-electron chi connectivity index (χ2n) is 8.70.